The van der Waals surface area contributed by atoms with Crippen molar-refractivity contribution in [1.29, 1.82) is 0 Å². The third kappa shape index (κ3) is 6.20. The first-order chi connectivity index (χ1) is 17.1. The molecule has 0 aliphatic carbocycles. The monoisotopic (exact) mass is 470 g/mol. The molecule has 1 amide bonds. The van der Waals surface area contributed by atoms with Gasteiger partial charge in [0.1, 0.15) is 11.6 Å². The first-order valence-electron chi connectivity index (χ1n) is 11.5. The van der Waals surface area contributed by atoms with Crippen LogP contribution in [0.15, 0.2) is 85.1 Å². The van der Waals surface area contributed by atoms with Gasteiger partial charge in [-0.2, -0.15) is 4.98 Å². The highest BCUT2D eigenvalue weighted by atomic mass is 19.1. The summed E-state index contributed by atoms with van der Waals surface area (Å²) in [6, 6.07) is 22.7. The van der Waals surface area contributed by atoms with Gasteiger partial charge in [-0.15, -0.1) is 0 Å². The number of amides is 1. The molecule has 0 aliphatic rings. The third-order valence-corrected chi connectivity index (χ3v) is 5.57. The van der Waals surface area contributed by atoms with Crippen molar-refractivity contribution in [2.24, 2.45) is 0 Å². The maximum absolute atomic E-state index is 13.2. The summed E-state index contributed by atoms with van der Waals surface area (Å²) in [5.41, 5.74) is 3.35. The molecule has 0 aliphatic heterocycles. The largest absolute Gasteiger partial charge is 0.439 e. The molecule has 0 atom stereocenters. The van der Waals surface area contributed by atoms with E-state index in [0.717, 1.165) is 18.7 Å². The Kier molecular flexibility index (Phi) is 7.67. The summed E-state index contributed by atoms with van der Waals surface area (Å²) in [5, 5.41) is 2.95. The van der Waals surface area contributed by atoms with Crippen LogP contribution in [0.5, 0.6) is 11.6 Å². The number of halogens is 1. The van der Waals surface area contributed by atoms with Crippen LogP contribution in [0.25, 0.3) is 11.4 Å². The topological polar surface area (TPSA) is 67.4 Å². The van der Waals surface area contributed by atoms with Gasteiger partial charge in [-0.3, -0.25) is 4.79 Å². The number of ether oxygens (including phenoxy) is 1. The van der Waals surface area contributed by atoms with Crippen molar-refractivity contribution in [2.45, 2.75) is 20.4 Å². The number of nitrogens with zero attached hydrogens (tertiary/aromatic N) is 3. The maximum atomic E-state index is 13.2. The number of nitrogens with one attached hydrogen (secondary N) is 1. The van der Waals surface area contributed by atoms with Crippen LogP contribution in [0.1, 0.15) is 29.8 Å². The van der Waals surface area contributed by atoms with Gasteiger partial charge in [-0.1, -0.05) is 18.2 Å². The van der Waals surface area contributed by atoms with Crippen LogP contribution in [-0.4, -0.2) is 29.0 Å². The molecule has 4 rings (SSSR count). The van der Waals surface area contributed by atoms with Gasteiger partial charge in [0.25, 0.3) is 5.91 Å². The molecule has 3 aromatic carbocycles. The predicted octanol–water partition coefficient (Wildman–Crippen LogP) is 5.85. The summed E-state index contributed by atoms with van der Waals surface area (Å²) in [6.07, 6.45) is 1.57. The number of benzene rings is 3. The summed E-state index contributed by atoms with van der Waals surface area (Å²) >= 11 is 0. The van der Waals surface area contributed by atoms with Crippen LogP contribution in [0, 0.1) is 5.82 Å². The molecule has 0 saturated heterocycles. The van der Waals surface area contributed by atoms with Crippen LogP contribution >= 0.6 is 0 Å². The van der Waals surface area contributed by atoms with Crippen LogP contribution < -0.4 is 15.0 Å². The van der Waals surface area contributed by atoms with E-state index in [1.807, 2.05) is 12.1 Å². The second kappa shape index (κ2) is 11.2. The number of aromatic nitrogens is 2. The van der Waals surface area contributed by atoms with Crippen LogP contribution in [0.4, 0.5) is 10.1 Å². The molecule has 35 heavy (non-hydrogen) atoms. The predicted molar refractivity (Wildman–Crippen MR) is 135 cm³/mol. The fourth-order valence-electron chi connectivity index (χ4n) is 3.66. The van der Waals surface area contributed by atoms with Gasteiger partial charge in [0, 0.05) is 48.7 Å². The normalized spacial score (nSPS) is 10.6. The molecule has 1 aromatic heterocycles. The highest BCUT2D eigenvalue weighted by Gasteiger charge is 2.10. The van der Waals surface area contributed by atoms with Crippen molar-refractivity contribution in [3.63, 3.8) is 0 Å². The molecular formula is C28H27FN4O2. The summed E-state index contributed by atoms with van der Waals surface area (Å²) in [6.45, 7) is 6.59. The zero-order valence-corrected chi connectivity index (χ0v) is 19.7. The van der Waals surface area contributed by atoms with Gasteiger partial charge in [0.05, 0.1) is 0 Å². The lowest BCUT2D eigenvalue weighted by Gasteiger charge is -2.21. The first kappa shape index (κ1) is 23.9. The molecular weight excluding hydrogens is 443 g/mol. The fourth-order valence-corrected chi connectivity index (χ4v) is 3.66. The van der Waals surface area contributed by atoms with E-state index in [-0.39, 0.29) is 11.7 Å². The Bertz CT molecular complexity index is 1270. The van der Waals surface area contributed by atoms with Crippen molar-refractivity contribution in [2.75, 3.05) is 18.0 Å². The molecule has 0 unspecified atom stereocenters. The van der Waals surface area contributed by atoms with E-state index in [4.69, 9.17) is 4.74 Å². The quantitative estimate of drug-likeness (QED) is 0.332. The highest BCUT2D eigenvalue weighted by Crippen LogP contribution is 2.23. The number of hydrogen-bond acceptors (Lipinski definition) is 5. The SMILES string of the molecule is CCN(CC)c1ccc(CNC(=O)c2cccc(Oc3ccnc(-c4ccc(F)cc4)n3)c2)cc1. The molecule has 7 heteroatoms. The molecule has 0 saturated carbocycles. The molecule has 1 N–H and O–H groups in total. The Morgan fingerprint density at radius 3 is 2.43 bits per heavy atom. The summed E-state index contributed by atoms with van der Waals surface area (Å²) in [7, 11) is 0. The molecule has 0 radical (unpaired) electrons. The molecule has 4 aromatic rings. The van der Waals surface area contributed by atoms with Gasteiger partial charge in [-0.25, -0.2) is 9.37 Å². The number of anilines is 1. The lowest BCUT2D eigenvalue weighted by atomic mass is 10.1. The molecule has 0 fully saturated rings. The summed E-state index contributed by atoms with van der Waals surface area (Å²) in [5.74, 6) is 0.699. The second-order valence-electron chi connectivity index (χ2n) is 7.88. The molecule has 178 valence electrons. The lowest BCUT2D eigenvalue weighted by Crippen LogP contribution is -2.23. The van der Waals surface area contributed by atoms with E-state index in [0.29, 0.717) is 35.1 Å². The standard InChI is InChI=1S/C28H27FN4O2/c1-3-33(4-2)24-14-8-20(9-15-24)19-31-28(34)22-6-5-7-25(18-22)35-26-16-17-30-27(32-26)21-10-12-23(29)13-11-21/h5-18H,3-4,19H2,1-2H3,(H,31,34). The zero-order valence-electron chi connectivity index (χ0n) is 19.7. The van der Waals surface area contributed by atoms with E-state index < -0.39 is 0 Å². The lowest BCUT2D eigenvalue weighted by molar-refractivity contribution is 0.0950. The minimum absolute atomic E-state index is 0.196. The van der Waals surface area contributed by atoms with Crippen molar-refractivity contribution >= 4 is 11.6 Å². The Morgan fingerprint density at radius 1 is 0.971 bits per heavy atom. The first-order valence-corrected chi connectivity index (χ1v) is 11.5. The van der Waals surface area contributed by atoms with Gasteiger partial charge in [0.15, 0.2) is 5.82 Å². The third-order valence-electron chi connectivity index (χ3n) is 5.57. The zero-order chi connectivity index (χ0) is 24.6. The Labute approximate surface area is 204 Å². The average Bonchev–Trinajstić information content (AvgIpc) is 2.89. The van der Waals surface area contributed by atoms with E-state index in [9.17, 15) is 9.18 Å². The molecule has 0 bridgehead atoms. The number of carbonyl (C=O) groups is 1. The van der Waals surface area contributed by atoms with Gasteiger partial charge < -0.3 is 15.0 Å². The highest BCUT2D eigenvalue weighted by molar-refractivity contribution is 5.94. The van der Waals surface area contributed by atoms with E-state index in [1.54, 1.807) is 48.7 Å². The maximum Gasteiger partial charge on any atom is 0.251 e. The molecule has 0 spiro atoms. The average molecular weight is 471 g/mol. The van der Waals surface area contributed by atoms with Gasteiger partial charge >= 0.3 is 0 Å². The minimum atomic E-state index is -0.326. The van der Waals surface area contributed by atoms with Crippen molar-refractivity contribution in [1.82, 2.24) is 15.3 Å². The smallest absolute Gasteiger partial charge is 0.251 e. The Morgan fingerprint density at radius 2 is 1.71 bits per heavy atom. The Balaban J connectivity index is 1.39. The van der Waals surface area contributed by atoms with Crippen molar-refractivity contribution in [3.05, 3.63) is 102 Å². The minimum Gasteiger partial charge on any atom is -0.439 e. The fraction of sp³-hybridized carbons (Fsp3) is 0.179. The van der Waals surface area contributed by atoms with E-state index in [1.165, 1.54) is 17.8 Å². The van der Waals surface area contributed by atoms with Gasteiger partial charge in [-0.05, 0) is 74.0 Å². The molecule has 1 heterocycles. The van der Waals surface area contributed by atoms with Crippen molar-refractivity contribution in [3.8, 4) is 23.0 Å². The van der Waals surface area contributed by atoms with Crippen molar-refractivity contribution < 1.29 is 13.9 Å². The summed E-state index contributed by atoms with van der Waals surface area (Å²) < 4.78 is 19.1. The number of rotatable bonds is 9. The van der Waals surface area contributed by atoms with E-state index >= 15 is 0 Å². The summed E-state index contributed by atoms with van der Waals surface area (Å²) in [4.78, 5) is 23.6. The van der Waals surface area contributed by atoms with Crippen LogP contribution in [0.2, 0.25) is 0 Å². The van der Waals surface area contributed by atoms with Crippen LogP contribution in [-0.2, 0) is 6.54 Å². The second-order valence-corrected chi connectivity index (χ2v) is 7.88. The van der Waals surface area contributed by atoms with Crippen LogP contribution in [0.3, 0.4) is 0 Å². The Hall–Kier alpha value is -4.26. The molecule has 6 nitrogen and oxygen atoms in total. The number of hydrogen-bond donors (Lipinski definition) is 1. The van der Waals surface area contributed by atoms with E-state index in [2.05, 4.69) is 46.2 Å². The number of carbonyl (C=O) groups excluding carboxylic acids is 1. The van der Waals surface area contributed by atoms with Gasteiger partial charge in [0.2, 0.25) is 5.88 Å².